The number of sulfone groups is 2. The number of para-hydroxylation sites is 2. The van der Waals surface area contributed by atoms with Crippen molar-refractivity contribution in [1.29, 1.82) is 0 Å². The number of benzene rings is 2. The third kappa shape index (κ3) is 18.3. The van der Waals surface area contributed by atoms with Crippen LogP contribution in [-0.2, 0) is 67.4 Å². The van der Waals surface area contributed by atoms with Gasteiger partial charge in [0.1, 0.15) is 82.5 Å². The minimum Gasteiger partial charge on any atom is -0.488 e. The number of ether oxygens (including phenoxy) is 6. The molecule has 4 aliphatic carbocycles. The molecule has 0 spiro atoms. The number of esters is 2. The molecule has 4 N–H and O–H groups in total. The number of allylic oxidation sites excluding steroid dienone is 2. The standard InChI is InChI=1S/C37H45BrN4O10S.C37H44N6O10S/c1-50-35(46)37-19-22(37)11-6-4-3-5-7-15-26(40-36(47)52-23-12-8-9-13-23)34(45)42-21-24(17-28(42)33(44)41-37)51-30-18-27(29(43)20-38)39-32-25(30)14-10-16-31(32)53(2,48)49;1-51-35(47)37-19-22(37)11-6-4-3-5-7-15-26(41-36(48)53-23-12-8-9-13-23)34(46)43-21-24(17-28(43)33(45)42-37)52-30-18-27(29(44)20-39-38)40-32-25(30)14-10-16-31(32)54(2,49)50/h6,10-11,14,16,18,22-24,26,28H,3-5,7-9,12-13,15,17,19-21H2,1-2H3,(H,40,47)(H,41,44);6,10-11,14,16,18,20,22-24,26,28H,3-5,7-9,12-13,15,17,19,21H2,1-2H3,(H,41,48)(H,42,45)/b2*11-6-/t2*22?,24-,26+,28+,37-/m11/s1. The Kier molecular flexibility index (Phi) is 25.0. The third-order valence-electron chi connectivity index (χ3n) is 21.1. The Hall–Kier alpha value is -9.20. The zero-order valence-electron chi connectivity index (χ0n) is 60.0. The summed E-state index contributed by atoms with van der Waals surface area (Å²) < 4.78 is 85.2. The normalized spacial score (nSPS) is 27.1. The van der Waals surface area contributed by atoms with Gasteiger partial charge in [0.05, 0.1) is 53.5 Å². The van der Waals surface area contributed by atoms with E-state index in [0.717, 1.165) is 102 Å². The number of Topliss-reactive ketones (excluding diaryl/α,β-unsaturated/α-hetero) is 2. The number of halogens is 1. The minimum absolute atomic E-state index is 0.00806. The molecular weight excluding hydrogens is 1490 g/mol. The second-order valence-corrected chi connectivity index (χ2v) is 33.2. The summed E-state index contributed by atoms with van der Waals surface area (Å²) in [4.78, 5) is 149. The van der Waals surface area contributed by atoms with E-state index in [9.17, 15) is 64.8 Å². The quantitative estimate of drug-likeness (QED) is 0.0125. The monoisotopic (exact) mass is 1580 g/mol. The first kappa shape index (κ1) is 78.9. The number of carbonyl (C=O) groups is 10. The Morgan fingerprint density at radius 1 is 0.598 bits per heavy atom. The molecule has 2 unspecified atom stereocenters. The number of amides is 6. The lowest BCUT2D eigenvalue weighted by Gasteiger charge is -2.29. The molecule has 574 valence electrons. The van der Waals surface area contributed by atoms with Crippen LogP contribution in [0.1, 0.15) is 162 Å². The SMILES string of the molecule is COC(=O)[C@@]12CC1/C=C\CCCCC[C@H](NC(=O)OC1CCCC1)C(=O)N1C[C@H](Oc3cc(C(=O)C=[N+]=[N-])nc4c(S(C)(=O)=O)cccc34)C[C@H]1C(=O)N2.COC(=O)[C@@]12CC1/C=C\CCCCC[C@H](NC(=O)OC1CCCC1)C(=O)N1C[C@H](Oc3cc(C(=O)CBr)nc4c(S(C)(=O)=O)cccc34)C[C@H]1C(=O)N2. The number of aromatic nitrogens is 2. The summed E-state index contributed by atoms with van der Waals surface area (Å²) in [5.74, 6) is -5.07. The van der Waals surface area contributed by atoms with Crippen LogP contribution in [0.15, 0.2) is 82.6 Å². The zero-order chi connectivity index (χ0) is 76.5. The summed E-state index contributed by atoms with van der Waals surface area (Å²) >= 11 is 3.16. The van der Waals surface area contributed by atoms with Crippen molar-refractivity contribution in [3.05, 3.63) is 89.8 Å². The van der Waals surface area contributed by atoms with Crippen molar-refractivity contribution in [3.8, 4) is 11.5 Å². The van der Waals surface area contributed by atoms with Crippen LogP contribution in [0.25, 0.3) is 27.3 Å². The van der Waals surface area contributed by atoms with E-state index in [1.54, 1.807) is 18.2 Å². The first-order valence-corrected chi connectivity index (χ1v) is 41.2. The largest absolute Gasteiger partial charge is 0.488 e. The van der Waals surface area contributed by atoms with Gasteiger partial charge < -0.3 is 65.0 Å². The molecule has 6 heterocycles. The topological polar surface area (TPSA) is 411 Å². The molecule has 2 aromatic heterocycles. The molecule has 0 bridgehead atoms. The maximum absolute atomic E-state index is 14.5. The molecular formula is C74H89BrN10O20S2. The number of nitrogens with one attached hydrogen (secondary N) is 4. The molecule has 30 nitrogen and oxygen atoms in total. The van der Waals surface area contributed by atoms with E-state index in [-0.39, 0.29) is 111 Å². The number of carbonyl (C=O) groups excluding carboxylic acids is 10. The molecule has 0 radical (unpaired) electrons. The highest BCUT2D eigenvalue weighted by molar-refractivity contribution is 9.09. The van der Waals surface area contributed by atoms with E-state index in [0.29, 0.717) is 43.7 Å². The lowest BCUT2D eigenvalue weighted by molar-refractivity contribution is -0.148. The van der Waals surface area contributed by atoms with E-state index >= 15 is 0 Å². The molecule has 33 heteroatoms. The number of hydrogen-bond donors (Lipinski definition) is 4. The van der Waals surface area contributed by atoms with Gasteiger partial charge in [0.25, 0.3) is 5.78 Å². The smallest absolute Gasteiger partial charge is 0.408 e. The van der Waals surface area contributed by atoms with Crippen LogP contribution in [0.2, 0.25) is 0 Å². The molecule has 6 amide bonds. The first-order valence-electron chi connectivity index (χ1n) is 36.3. The molecule has 12 rings (SSSR count). The van der Waals surface area contributed by atoms with Gasteiger partial charge in [-0.3, -0.25) is 28.8 Å². The first-order chi connectivity index (χ1) is 51.2. The van der Waals surface area contributed by atoms with E-state index in [1.165, 1.54) is 54.4 Å². The summed E-state index contributed by atoms with van der Waals surface area (Å²) in [5, 5.41) is 11.8. The molecule has 107 heavy (non-hydrogen) atoms. The second kappa shape index (κ2) is 33.9. The summed E-state index contributed by atoms with van der Waals surface area (Å²) in [5.41, 5.74) is 6.11. The van der Waals surface area contributed by atoms with Crippen LogP contribution in [0.5, 0.6) is 11.5 Å². The van der Waals surface area contributed by atoms with Crippen molar-refractivity contribution in [1.82, 2.24) is 41.0 Å². The molecule has 4 aliphatic heterocycles. The van der Waals surface area contributed by atoms with Gasteiger partial charge in [-0.1, -0.05) is 78.1 Å². The number of alkyl halides is 1. The van der Waals surface area contributed by atoms with Crippen molar-refractivity contribution in [2.75, 3.05) is 45.2 Å². The highest BCUT2D eigenvalue weighted by Crippen LogP contribution is 2.48. The van der Waals surface area contributed by atoms with Gasteiger partial charge in [-0.15, -0.1) is 0 Å². The van der Waals surface area contributed by atoms with Crippen LogP contribution in [0.3, 0.4) is 0 Å². The maximum atomic E-state index is 14.5. The number of fused-ring (bicyclic) bond motifs is 6. The summed E-state index contributed by atoms with van der Waals surface area (Å²) in [6.07, 6.45) is 20.8. The van der Waals surface area contributed by atoms with E-state index in [4.69, 9.17) is 34.0 Å². The predicted molar refractivity (Wildman–Crippen MR) is 389 cm³/mol. The molecule has 4 aromatic rings. The predicted octanol–water partition coefficient (Wildman–Crippen LogP) is 7.25. The number of methoxy groups -OCH3 is 2. The Labute approximate surface area is 627 Å². The fourth-order valence-electron chi connectivity index (χ4n) is 15.3. The lowest BCUT2D eigenvalue weighted by Crippen LogP contribution is -2.56. The molecule has 4 saturated carbocycles. The second-order valence-electron chi connectivity index (χ2n) is 28.7. The van der Waals surface area contributed by atoms with Crippen LogP contribution >= 0.6 is 15.9 Å². The summed E-state index contributed by atoms with van der Waals surface area (Å²) in [7, 11) is -5.09. The minimum atomic E-state index is -3.83. The van der Waals surface area contributed by atoms with E-state index in [2.05, 4.69) is 52.0 Å². The third-order valence-corrected chi connectivity index (χ3v) is 23.8. The molecule has 2 aromatic carbocycles. The molecule has 2 saturated heterocycles. The number of hydrogen-bond acceptors (Lipinski definition) is 22. The van der Waals surface area contributed by atoms with Crippen molar-refractivity contribution < 1.29 is 98.0 Å². The summed E-state index contributed by atoms with van der Waals surface area (Å²) in [6, 6.07) is 7.35. The lowest BCUT2D eigenvalue weighted by atomic mass is 10.0. The molecule has 10 atom stereocenters. The number of nitrogens with zero attached hydrogens (tertiary/aromatic N) is 6. The Morgan fingerprint density at radius 3 is 1.41 bits per heavy atom. The highest BCUT2D eigenvalue weighted by atomic mass is 79.9. The van der Waals surface area contributed by atoms with Crippen LogP contribution in [0.4, 0.5) is 9.59 Å². The number of rotatable bonds is 16. The van der Waals surface area contributed by atoms with Gasteiger partial charge >= 0.3 is 30.3 Å². The Balaban J connectivity index is 0.000000213. The van der Waals surface area contributed by atoms with Gasteiger partial charge in [0.15, 0.2) is 25.5 Å². The number of alkyl carbamates (subject to hydrolysis) is 2. The van der Waals surface area contributed by atoms with E-state index < -0.39 is 126 Å². The van der Waals surface area contributed by atoms with Gasteiger partial charge in [-0.25, -0.2) is 46.0 Å². The van der Waals surface area contributed by atoms with Crippen molar-refractivity contribution in [3.63, 3.8) is 0 Å². The van der Waals surface area contributed by atoms with Gasteiger partial charge in [0, 0.05) is 60.1 Å². The van der Waals surface area contributed by atoms with Crippen molar-refractivity contribution >= 4 is 123 Å². The average Bonchev–Trinajstić information content (AvgIpc) is 1.57. The van der Waals surface area contributed by atoms with Gasteiger partial charge in [-0.2, -0.15) is 4.79 Å². The van der Waals surface area contributed by atoms with Crippen molar-refractivity contribution in [2.45, 2.75) is 211 Å². The zero-order valence-corrected chi connectivity index (χ0v) is 63.2. The molecule has 6 fully saturated rings. The van der Waals surface area contributed by atoms with Crippen LogP contribution in [-0.4, -0.2) is 212 Å². The van der Waals surface area contributed by atoms with Gasteiger partial charge in [-0.05, 0) is 127 Å². The Morgan fingerprint density at radius 2 is 1.01 bits per heavy atom. The maximum Gasteiger partial charge on any atom is 0.408 e. The fourth-order valence-corrected chi connectivity index (χ4v) is 17.2. The Bertz CT molecular complexity index is 4500. The summed E-state index contributed by atoms with van der Waals surface area (Å²) in [6.45, 7) is -0.225. The number of pyridine rings is 2. The average molecular weight is 1580 g/mol. The van der Waals surface area contributed by atoms with Gasteiger partial charge in [0.2, 0.25) is 23.6 Å². The molecule has 8 aliphatic rings. The van der Waals surface area contributed by atoms with E-state index in [1.807, 2.05) is 24.3 Å². The highest BCUT2D eigenvalue weighted by Gasteiger charge is 2.63. The van der Waals surface area contributed by atoms with Crippen molar-refractivity contribution in [2.24, 2.45) is 11.8 Å². The van der Waals surface area contributed by atoms with Crippen LogP contribution in [0, 0.1) is 11.8 Å². The van der Waals surface area contributed by atoms with Crippen LogP contribution < -0.4 is 30.7 Å². The number of ketones is 2. The fraction of sp³-hybridized carbons (Fsp3) is 0.554.